The fraction of sp³-hybridized carbons (Fsp3) is 0.389. The number of aromatic hydroxyl groups is 1. The number of anilines is 1. The van der Waals surface area contributed by atoms with Gasteiger partial charge in [-0.2, -0.15) is 0 Å². The highest BCUT2D eigenvalue weighted by Crippen LogP contribution is 2.67. The van der Waals surface area contributed by atoms with Gasteiger partial charge in [0, 0.05) is 17.5 Å². The Morgan fingerprint density at radius 3 is 2.28 bits per heavy atom. The lowest BCUT2D eigenvalue weighted by Gasteiger charge is -2.51. The highest BCUT2D eigenvalue weighted by molar-refractivity contribution is 6.58. The van der Waals surface area contributed by atoms with Crippen LogP contribution >= 0.6 is 23.2 Å². The molecule has 2 saturated heterocycles. The summed E-state index contributed by atoms with van der Waals surface area (Å²) in [6.45, 7) is 0. The molecule has 2 heterocycles. The van der Waals surface area contributed by atoms with Crippen molar-refractivity contribution in [1.82, 2.24) is 4.90 Å². The van der Waals surface area contributed by atoms with E-state index in [1.54, 1.807) is 12.1 Å². The predicted molar refractivity (Wildman–Crippen MR) is 171 cm³/mol. The number of halogens is 3. The monoisotopic (exact) mass is 660 g/mol. The molecule has 5 aliphatic rings. The fourth-order valence-corrected chi connectivity index (χ4v) is 9.95. The first kappa shape index (κ1) is 29.6. The van der Waals surface area contributed by atoms with Crippen LogP contribution in [0.2, 0.25) is 0 Å². The van der Waals surface area contributed by atoms with Gasteiger partial charge in [0.05, 0.1) is 17.5 Å². The number of imide groups is 2. The molecule has 10 heteroatoms. The lowest BCUT2D eigenvalue weighted by molar-refractivity contribution is -0.143. The molecular formula is C36H31Cl2FN2O5. The van der Waals surface area contributed by atoms with Gasteiger partial charge in [-0.1, -0.05) is 61.2 Å². The minimum Gasteiger partial charge on any atom is -0.508 e. The highest BCUT2D eigenvalue weighted by Gasteiger charge is 2.77. The normalized spacial score (nSPS) is 32.9. The van der Waals surface area contributed by atoms with E-state index in [2.05, 4.69) is 0 Å². The molecule has 4 fully saturated rings. The summed E-state index contributed by atoms with van der Waals surface area (Å²) >= 11 is 15.0. The molecule has 3 aliphatic carbocycles. The lowest BCUT2D eigenvalue weighted by atomic mass is 9.56. The molecule has 2 saturated carbocycles. The standard InChI is InChI=1S/C36H31Cl2FN2O5/c37-35-18-26-24(15-16-25-28(26)32(44)40(31(25)43)21-7-2-1-3-8-21)30(29-23-9-5-4-6-19(23)10-17-27(29)42)36(35,38)34(46)41(33(35)45)22-13-11-20(39)12-14-22/h4-6,9-15,17,21,25-26,28,30,42H,1-3,7-8,16,18H2/t25-,26+,28-,30+,35+,36-/m0/s1. The first-order valence-electron chi connectivity index (χ1n) is 15.9. The number of hydrogen-bond donors (Lipinski definition) is 1. The van der Waals surface area contributed by atoms with E-state index >= 15 is 0 Å². The molecule has 0 spiro atoms. The second kappa shape index (κ2) is 10.4. The van der Waals surface area contributed by atoms with E-state index in [-0.39, 0.29) is 42.1 Å². The van der Waals surface area contributed by atoms with Gasteiger partial charge in [0.15, 0.2) is 9.75 Å². The number of fused-ring (bicyclic) bond motifs is 5. The Hall–Kier alpha value is -3.75. The number of amides is 4. The molecule has 0 bridgehead atoms. The maximum Gasteiger partial charge on any atom is 0.258 e. The zero-order valence-corrected chi connectivity index (χ0v) is 26.3. The van der Waals surface area contributed by atoms with Gasteiger partial charge < -0.3 is 5.11 Å². The van der Waals surface area contributed by atoms with Crippen LogP contribution in [0, 0.1) is 23.6 Å². The summed E-state index contributed by atoms with van der Waals surface area (Å²) in [4.78, 5) is 55.5. The topological polar surface area (TPSA) is 95.0 Å². The third-order valence-corrected chi connectivity index (χ3v) is 12.5. The van der Waals surface area contributed by atoms with Gasteiger partial charge in [-0.05, 0) is 72.7 Å². The van der Waals surface area contributed by atoms with E-state index in [9.17, 15) is 28.7 Å². The minimum absolute atomic E-state index is 0.108. The molecule has 46 heavy (non-hydrogen) atoms. The van der Waals surface area contributed by atoms with Gasteiger partial charge in [0.25, 0.3) is 11.8 Å². The number of benzene rings is 3. The van der Waals surface area contributed by atoms with Gasteiger partial charge in [-0.25, -0.2) is 9.29 Å². The zero-order valence-electron chi connectivity index (χ0n) is 24.8. The number of phenolic OH excluding ortho intramolecular Hbond substituents is 1. The van der Waals surface area contributed by atoms with E-state index in [0.29, 0.717) is 16.5 Å². The van der Waals surface area contributed by atoms with Gasteiger partial charge in [0.2, 0.25) is 11.8 Å². The van der Waals surface area contributed by atoms with Crippen molar-refractivity contribution in [3.8, 4) is 5.75 Å². The maximum absolute atomic E-state index is 14.6. The summed E-state index contributed by atoms with van der Waals surface area (Å²) < 4.78 is 13.9. The fourth-order valence-electron chi connectivity index (χ4n) is 9.03. The Bertz CT molecular complexity index is 1870. The Kier molecular flexibility index (Phi) is 6.69. The van der Waals surface area contributed by atoms with Crippen molar-refractivity contribution in [3.05, 3.63) is 83.7 Å². The molecule has 1 N–H and O–H groups in total. The number of alkyl halides is 2. The molecule has 8 rings (SSSR count). The second-order valence-corrected chi connectivity index (χ2v) is 14.6. The highest BCUT2D eigenvalue weighted by atomic mass is 35.5. The van der Waals surface area contributed by atoms with Gasteiger partial charge in [-0.15, -0.1) is 23.2 Å². The quantitative estimate of drug-likeness (QED) is 0.195. The second-order valence-electron chi connectivity index (χ2n) is 13.3. The van der Waals surface area contributed by atoms with Crippen LogP contribution in [0.5, 0.6) is 5.75 Å². The van der Waals surface area contributed by atoms with E-state index in [4.69, 9.17) is 23.2 Å². The van der Waals surface area contributed by atoms with Crippen molar-refractivity contribution in [2.24, 2.45) is 17.8 Å². The lowest BCUT2D eigenvalue weighted by Crippen LogP contribution is -2.60. The molecule has 3 aromatic rings. The number of hydrogen-bond acceptors (Lipinski definition) is 5. The van der Waals surface area contributed by atoms with Crippen molar-refractivity contribution in [2.75, 3.05) is 4.90 Å². The molecular weight excluding hydrogens is 630 g/mol. The van der Waals surface area contributed by atoms with Gasteiger partial charge in [-0.3, -0.25) is 24.1 Å². The van der Waals surface area contributed by atoms with E-state index < -0.39 is 51.1 Å². The number of carbonyl (C=O) groups is 4. The Balaban J connectivity index is 1.34. The SMILES string of the molecule is O=C1[C@H]2[C@H](CC=C3[C@H]2C[C@@]2(Cl)C(=O)N(c4ccc(F)cc4)C(=O)[C@@]2(Cl)[C@H]3c2c(O)ccc3ccccc23)C(=O)N1C1CCCCC1. The van der Waals surface area contributed by atoms with Gasteiger partial charge in [0.1, 0.15) is 11.6 Å². The Morgan fingerprint density at radius 1 is 0.826 bits per heavy atom. The molecule has 0 radical (unpaired) electrons. The summed E-state index contributed by atoms with van der Waals surface area (Å²) in [6, 6.07) is 15.4. The minimum atomic E-state index is -2.12. The number of carbonyl (C=O) groups excluding carboxylic acids is 4. The van der Waals surface area contributed by atoms with Crippen LogP contribution in [0.4, 0.5) is 10.1 Å². The molecule has 0 unspecified atom stereocenters. The van der Waals surface area contributed by atoms with Crippen molar-refractivity contribution in [3.63, 3.8) is 0 Å². The van der Waals surface area contributed by atoms with Crippen molar-refractivity contribution in [1.29, 1.82) is 0 Å². The molecule has 3 aromatic carbocycles. The van der Waals surface area contributed by atoms with E-state index in [1.807, 2.05) is 24.3 Å². The first-order valence-corrected chi connectivity index (χ1v) is 16.6. The molecule has 6 atom stereocenters. The molecule has 4 amide bonds. The number of nitrogens with zero attached hydrogens (tertiary/aromatic N) is 2. The number of phenols is 1. The van der Waals surface area contributed by atoms with Crippen LogP contribution in [0.1, 0.15) is 56.4 Å². The average molecular weight is 662 g/mol. The summed E-state index contributed by atoms with van der Waals surface area (Å²) in [7, 11) is 0. The van der Waals surface area contributed by atoms with E-state index in [1.165, 1.54) is 23.1 Å². The van der Waals surface area contributed by atoms with Gasteiger partial charge >= 0.3 is 0 Å². The molecule has 0 aromatic heterocycles. The summed E-state index contributed by atoms with van der Waals surface area (Å²) in [5.41, 5.74) is 1.06. The summed E-state index contributed by atoms with van der Waals surface area (Å²) in [5, 5.41) is 12.9. The van der Waals surface area contributed by atoms with Crippen molar-refractivity contribution in [2.45, 2.75) is 66.7 Å². The number of allylic oxidation sites excluding steroid dienone is 2. The first-order chi connectivity index (χ1) is 22.1. The third-order valence-electron chi connectivity index (χ3n) is 11.1. The maximum atomic E-state index is 14.6. The van der Waals surface area contributed by atoms with Crippen LogP contribution in [0.15, 0.2) is 72.3 Å². The summed E-state index contributed by atoms with van der Waals surface area (Å²) in [6.07, 6.45) is 6.47. The van der Waals surface area contributed by atoms with Crippen LogP contribution in [-0.4, -0.2) is 49.4 Å². The zero-order chi connectivity index (χ0) is 32.1. The Labute approximate surface area is 274 Å². The van der Waals surface area contributed by atoms with Crippen molar-refractivity contribution >= 4 is 63.3 Å². The largest absolute Gasteiger partial charge is 0.508 e. The van der Waals surface area contributed by atoms with Crippen molar-refractivity contribution < 1.29 is 28.7 Å². The molecule has 2 aliphatic heterocycles. The third kappa shape index (κ3) is 3.83. The van der Waals surface area contributed by atoms with Crippen LogP contribution < -0.4 is 4.90 Å². The predicted octanol–water partition coefficient (Wildman–Crippen LogP) is 6.58. The Morgan fingerprint density at radius 2 is 1.54 bits per heavy atom. The molecule has 236 valence electrons. The van der Waals surface area contributed by atoms with Crippen LogP contribution in [0.3, 0.4) is 0 Å². The average Bonchev–Trinajstić information content (AvgIpc) is 3.40. The van der Waals surface area contributed by atoms with Crippen LogP contribution in [0.25, 0.3) is 10.8 Å². The summed E-state index contributed by atoms with van der Waals surface area (Å²) in [5.74, 6) is -5.94. The number of rotatable bonds is 3. The smallest absolute Gasteiger partial charge is 0.258 e. The van der Waals surface area contributed by atoms with Crippen LogP contribution in [-0.2, 0) is 19.2 Å². The van der Waals surface area contributed by atoms with E-state index in [0.717, 1.165) is 54.5 Å². The molecule has 7 nitrogen and oxygen atoms in total. The number of likely N-dealkylation sites (tertiary alicyclic amines) is 1.